The highest BCUT2D eigenvalue weighted by Crippen LogP contribution is 2.33. The van der Waals surface area contributed by atoms with Crippen molar-refractivity contribution < 1.29 is 4.39 Å². The molecule has 1 aromatic carbocycles. The summed E-state index contributed by atoms with van der Waals surface area (Å²) in [5.74, 6) is 1.42. The zero-order valence-electron chi connectivity index (χ0n) is 9.62. The zero-order chi connectivity index (χ0) is 11.7. The smallest absolute Gasteiger partial charge is 0.123 e. The van der Waals surface area contributed by atoms with Gasteiger partial charge in [0.05, 0.1) is 11.9 Å². The first kappa shape index (κ1) is 10.5. The van der Waals surface area contributed by atoms with E-state index < -0.39 is 0 Å². The van der Waals surface area contributed by atoms with E-state index in [1.807, 2.05) is 12.3 Å². The van der Waals surface area contributed by atoms with Gasteiger partial charge in [-0.3, -0.25) is 0 Å². The molecule has 1 saturated carbocycles. The minimum Gasteiger partial charge on any atom is -0.342 e. The van der Waals surface area contributed by atoms with Crippen molar-refractivity contribution in [1.29, 1.82) is 0 Å². The third-order valence-corrected chi connectivity index (χ3v) is 3.47. The Bertz CT molecular complexity index is 512. The van der Waals surface area contributed by atoms with E-state index >= 15 is 0 Å². The predicted octanol–water partition coefficient (Wildman–Crippen LogP) is 3.87. The van der Waals surface area contributed by atoms with Crippen LogP contribution in [0.3, 0.4) is 0 Å². The van der Waals surface area contributed by atoms with Crippen molar-refractivity contribution in [2.45, 2.75) is 31.6 Å². The molecule has 0 radical (unpaired) electrons. The molecule has 0 unspecified atom stereocenters. The first-order valence-corrected chi connectivity index (χ1v) is 6.14. The fourth-order valence-electron chi connectivity index (χ4n) is 2.55. The van der Waals surface area contributed by atoms with Crippen LogP contribution >= 0.6 is 0 Å². The van der Waals surface area contributed by atoms with Gasteiger partial charge in [0.15, 0.2) is 0 Å². The Hall–Kier alpha value is -1.64. The van der Waals surface area contributed by atoms with Crippen molar-refractivity contribution in [3.63, 3.8) is 0 Å². The molecule has 0 amide bonds. The normalized spacial score (nSPS) is 16.5. The number of halogens is 1. The summed E-state index contributed by atoms with van der Waals surface area (Å²) in [4.78, 5) is 7.75. The second-order valence-corrected chi connectivity index (χ2v) is 4.67. The predicted molar refractivity (Wildman–Crippen MR) is 65.2 cm³/mol. The van der Waals surface area contributed by atoms with Gasteiger partial charge in [-0.1, -0.05) is 25.0 Å². The van der Waals surface area contributed by atoms with Gasteiger partial charge in [-0.25, -0.2) is 9.37 Å². The van der Waals surface area contributed by atoms with Gasteiger partial charge >= 0.3 is 0 Å². The number of hydrogen-bond donors (Lipinski definition) is 1. The second-order valence-electron chi connectivity index (χ2n) is 4.67. The van der Waals surface area contributed by atoms with E-state index in [2.05, 4.69) is 9.97 Å². The molecule has 1 heterocycles. The molecule has 88 valence electrons. The third kappa shape index (κ3) is 2.09. The number of H-pyrrole nitrogens is 1. The van der Waals surface area contributed by atoms with E-state index in [0.717, 1.165) is 17.1 Å². The van der Waals surface area contributed by atoms with Crippen LogP contribution < -0.4 is 0 Å². The Morgan fingerprint density at radius 2 is 2.06 bits per heavy atom. The quantitative estimate of drug-likeness (QED) is 0.833. The molecule has 1 aromatic heterocycles. The van der Waals surface area contributed by atoms with Gasteiger partial charge in [-0.2, -0.15) is 0 Å². The minimum atomic E-state index is -0.209. The number of nitrogens with zero attached hydrogens (tertiary/aromatic N) is 1. The van der Waals surface area contributed by atoms with Crippen molar-refractivity contribution in [3.8, 4) is 11.3 Å². The molecular formula is C14H15FN2. The van der Waals surface area contributed by atoms with E-state index in [0.29, 0.717) is 5.92 Å². The highest BCUT2D eigenvalue weighted by molar-refractivity contribution is 5.58. The van der Waals surface area contributed by atoms with Gasteiger partial charge in [-0.15, -0.1) is 0 Å². The Balaban J connectivity index is 1.89. The molecule has 2 nitrogen and oxygen atoms in total. The van der Waals surface area contributed by atoms with Gasteiger partial charge in [0, 0.05) is 11.5 Å². The van der Waals surface area contributed by atoms with E-state index in [9.17, 15) is 4.39 Å². The Kier molecular flexibility index (Phi) is 2.67. The Labute approximate surface area is 99.9 Å². The molecule has 0 saturated heterocycles. The van der Waals surface area contributed by atoms with Gasteiger partial charge in [0.1, 0.15) is 11.6 Å². The SMILES string of the molecule is Fc1cccc(-c2cnc(C3CCCC3)[nH]2)c1. The lowest BCUT2D eigenvalue weighted by molar-refractivity contribution is 0.628. The van der Waals surface area contributed by atoms with Crippen LogP contribution in [0.1, 0.15) is 37.4 Å². The maximum atomic E-state index is 13.1. The van der Waals surface area contributed by atoms with E-state index in [4.69, 9.17) is 0 Å². The number of aromatic amines is 1. The standard InChI is InChI=1S/C14H15FN2/c15-12-7-3-6-11(8-12)13-9-16-14(17-13)10-4-1-2-5-10/h3,6-10H,1-2,4-5H2,(H,16,17). The minimum absolute atomic E-state index is 0.209. The number of rotatable bonds is 2. The summed E-state index contributed by atoms with van der Waals surface area (Å²) in [6.45, 7) is 0. The molecule has 1 aliphatic rings. The molecular weight excluding hydrogens is 215 g/mol. The lowest BCUT2D eigenvalue weighted by Crippen LogP contribution is -1.94. The van der Waals surface area contributed by atoms with Crippen LogP contribution in [0.4, 0.5) is 4.39 Å². The monoisotopic (exact) mass is 230 g/mol. The van der Waals surface area contributed by atoms with Crippen molar-refractivity contribution >= 4 is 0 Å². The van der Waals surface area contributed by atoms with Crippen LogP contribution in [0.2, 0.25) is 0 Å². The first-order valence-electron chi connectivity index (χ1n) is 6.14. The van der Waals surface area contributed by atoms with Crippen LogP contribution in [-0.2, 0) is 0 Å². The third-order valence-electron chi connectivity index (χ3n) is 3.47. The topological polar surface area (TPSA) is 28.7 Å². The van der Waals surface area contributed by atoms with Crippen LogP contribution in [0.25, 0.3) is 11.3 Å². The fourth-order valence-corrected chi connectivity index (χ4v) is 2.55. The van der Waals surface area contributed by atoms with E-state index in [-0.39, 0.29) is 5.82 Å². The summed E-state index contributed by atoms with van der Waals surface area (Å²) in [5, 5.41) is 0. The van der Waals surface area contributed by atoms with Gasteiger partial charge in [-0.05, 0) is 25.0 Å². The molecule has 1 N–H and O–H groups in total. The Morgan fingerprint density at radius 3 is 2.82 bits per heavy atom. The maximum absolute atomic E-state index is 13.1. The summed E-state index contributed by atoms with van der Waals surface area (Å²) >= 11 is 0. The summed E-state index contributed by atoms with van der Waals surface area (Å²) in [5.41, 5.74) is 1.77. The van der Waals surface area contributed by atoms with E-state index in [1.165, 1.54) is 37.8 Å². The van der Waals surface area contributed by atoms with Crippen molar-refractivity contribution in [2.24, 2.45) is 0 Å². The van der Waals surface area contributed by atoms with Crippen LogP contribution in [0, 0.1) is 5.82 Å². The Morgan fingerprint density at radius 1 is 1.24 bits per heavy atom. The number of hydrogen-bond acceptors (Lipinski definition) is 1. The van der Waals surface area contributed by atoms with Crippen LogP contribution in [0.5, 0.6) is 0 Å². The van der Waals surface area contributed by atoms with Gasteiger partial charge < -0.3 is 4.98 Å². The highest BCUT2D eigenvalue weighted by atomic mass is 19.1. The molecule has 1 fully saturated rings. The summed E-state index contributed by atoms with van der Waals surface area (Å²) in [6.07, 6.45) is 6.83. The molecule has 3 rings (SSSR count). The fraction of sp³-hybridized carbons (Fsp3) is 0.357. The summed E-state index contributed by atoms with van der Waals surface area (Å²) < 4.78 is 13.1. The number of imidazole rings is 1. The molecule has 2 aromatic rings. The molecule has 0 spiro atoms. The lowest BCUT2D eigenvalue weighted by Gasteiger charge is -2.03. The molecule has 0 bridgehead atoms. The highest BCUT2D eigenvalue weighted by Gasteiger charge is 2.19. The molecule has 17 heavy (non-hydrogen) atoms. The van der Waals surface area contributed by atoms with Crippen LogP contribution in [-0.4, -0.2) is 9.97 Å². The molecule has 0 atom stereocenters. The van der Waals surface area contributed by atoms with Gasteiger partial charge in [0.25, 0.3) is 0 Å². The zero-order valence-corrected chi connectivity index (χ0v) is 9.62. The van der Waals surface area contributed by atoms with Crippen molar-refractivity contribution in [2.75, 3.05) is 0 Å². The van der Waals surface area contributed by atoms with Crippen molar-refractivity contribution in [3.05, 3.63) is 42.1 Å². The molecule has 1 aliphatic carbocycles. The van der Waals surface area contributed by atoms with Crippen LogP contribution in [0.15, 0.2) is 30.5 Å². The first-order chi connectivity index (χ1) is 8.33. The van der Waals surface area contributed by atoms with Gasteiger partial charge in [0.2, 0.25) is 0 Å². The molecule has 3 heteroatoms. The average Bonchev–Trinajstić information content (AvgIpc) is 3.00. The summed E-state index contributed by atoms with van der Waals surface area (Å²) in [6, 6.07) is 6.61. The largest absolute Gasteiger partial charge is 0.342 e. The summed E-state index contributed by atoms with van der Waals surface area (Å²) in [7, 11) is 0. The van der Waals surface area contributed by atoms with E-state index in [1.54, 1.807) is 6.07 Å². The number of benzene rings is 1. The average molecular weight is 230 g/mol. The van der Waals surface area contributed by atoms with Crippen molar-refractivity contribution in [1.82, 2.24) is 9.97 Å². The lowest BCUT2D eigenvalue weighted by atomic mass is 10.1. The second kappa shape index (κ2) is 4.32. The number of aromatic nitrogens is 2. The maximum Gasteiger partial charge on any atom is 0.123 e. The number of nitrogens with one attached hydrogen (secondary N) is 1. The molecule has 0 aliphatic heterocycles.